The summed E-state index contributed by atoms with van der Waals surface area (Å²) in [4.78, 5) is 0. The van der Waals surface area contributed by atoms with E-state index in [4.69, 9.17) is 9.84 Å². The molecular formula is C8H10O3. The van der Waals surface area contributed by atoms with Crippen molar-refractivity contribution in [1.29, 1.82) is 0 Å². The molecule has 60 valence electrons. The predicted molar refractivity (Wildman–Crippen MR) is 41.1 cm³/mol. The summed E-state index contributed by atoms with van der Waals surface area (Å²) < 4.78 is 4.87. The zero-order valence-corrected chi connectivity index (χ0v) is 6.46. The molecule has 1 rings (SSSR count). The van der Waals surface area contributed by atoms with Crippen molar-refractivity contribution < 1.29 is 14.9 Å². The first-order valence-electron chi connectivity index (χ1n) is 3.21. The molecule has 0 fully saturated rings. The molecule has 0 heterocycles. The fourth-order valence-electron chi connectivity index (χ4n) is 1.00. The largest absolute Gasteiger partial charge is 0.508 e. The highest BCUT2D eigenvalue weighted by Crippen LogP contribution is 2.33. The van der Waals surface area contributed by atoms with Crippen LogP contribution >= 0.6 is 0 Å². The Kier molecular flexibility index (Phi) is 1.89. The maximum Gasteiger partial charge on any atom is 0.163 e. The molecule has 0 saturated heterocycles. The lowest BCUT2D eigenvalue weighted by atomic mass is 10.2. The highest BCUT2D eigenvalue weighted by Gasteiger charge is 2.05. The van der Waals surface area contributed by atoms with E-state index in [1.807, 2.05) is 0 Å². The number of rotatable bonds is 1. The van der Waals surface area contributed by atoms with Crippen molar-refractivity contribution in [3.05, 3.63) is 17.7 Å². The summed E-state index contributed by atoms with van der Waals surface area (Å²) in [5.74, 6) is 0.411. The summed E-state index contributed by atoms with van der Waals surface area (Å²) in [5, 5.41) is 18.2. The van der Waals surface area contributed by atoms with Crippen LogP contribution in [0.4, 0.5) is 0 Å². The SMILES string of the molecule is COc1c(C)cc(O)cc1O. The van der Waals surface area contributed by atoms with Crippen LogP contribution in [0.15, 0.2) is 12.1 Å². The Morgan fingerprint density at radius 2 is 1.91 bits per heavy atom. The lowest BCUT2D eigenvalue weighted by Gasteiger charge is -2.06. The van der Waals surface area contributed by atoms with Gasteiger partial charge in [-0.15, -0.1) is 0 Å². The molecule has 2 N–H and O–H groups in total. The standard InChI is InChI=1S/C8H10O3/c1-5-3-6(9)4-7(10)8(5)11-2/h3-4,9-10H,1-2H3. The number of benzene rings is 1. The molecule has 0 bridgehead atoms. The van der Waals surface area contributed by atoms with E-state index in [0.29, 0.717) is 11.3 Å². The summed E-state index contributed by atoms with van der Waals surface area (Å²) >= 11 is 0. The zero-order valence-electron chi connectivity index (χ0n) is 6.46. The second-order valence-corrected chi connectivity index (χ2v) is 2.32. The molecule has 0 radical (unpaired) electrons. The molecule has 11 heavy (non-hydrogen) atoms. The summed E-state index contributed by atoms with van der Waals surface area (Å²) in [5.41, 5.74) is 0.713. The van der Waals surface area contributed by atoms with Gasteiger partial charge in [0.15, 0.2) is 11.5 Å². The van der Waals surface area contributed by atoms with Gasteiger partial charge in [0, 0.05) is 6.07 Å². The molecule has 0 aliphatic rings. The topological polar surface area (TPSA) is 49.7 Å². The zero-order chi connectivity index (χ0) is 8.43. The number of methoxy groups -OCH3 is 1. The summed E-state index contributed by atoms with van der Waals surface area (Å²) in [6.45, 7) is 1.75. The van der Waals surface area contributed by atoms with E-state index in [9.17, 15) is 5.11 Å². The van der Waals surface area contributed by atoms with E-state index in [1.165, 1.54) is 19.2 Å². The third-order valence-electron chi connectivity index (χ3n) is 1.44. The number of hydrogen-bond acceptors (Lipinski definition) is 3. The molecule has 0 aromatic heterocycles. The van der Waals surface area contributed by atoms with Crippen LogP contribution in [0.1, 0.15) is 5.56 Å². The number of phenols is 2. The first-order chi connectivity index (χ1) is 5.15. The molecule has 0 amide bonds. The maximum atomic E-state index is 9.19. The molecule has 0 aliphatic heterocycles. The van der Waals surface area contributed by atoms with E-state index < -0.39 is 0 Å². The van der Waals surface area contributed by atoms with Crippen LogP contribution < -0.4 is 4.74 Å². The first-order valence-corrected chi connectivity index (χ1v) is 3.21. The lowest BCUT2D eigenvalue weighted by molar-refractivity contribution is 0.367. The Hall–Kier alpha value is -1.38. The Balaban J connectivity index is 3.25. The second-order valence-electron chi connectivity index (χ2n) is 2.32. The molecule has 1 aromatic rings. The van der Waals surface area contributed by atoms with E-state index in [-0.39, 0.29) is 11.5 Å². The molecule has 3 nitrogen and oxygen atoms in total. The van der Waals surface area contributed by atoms with Crippen LogP contribution in [0.5, 0.6) is 17.2 Å². The Bertz CT molecular complexity index is 245. The number of phenolic OH excluding ortho intramolecular Hbond substituents is 2. The third kappa shape index (κ3) is 1.37. The lowest BCUT2D eigenvalue weighted by Crippen LogP contribution is -1.86. The number of aryl methyl sites for hydroxylation is 1. The molecule has 0 unspecified atom stereocenters. The van der Waals surface area contributed by atoms with Gasteiger partial charge >= 0.3 is 0 Å². The van der Waals surface area contributed by atoms with Crippen LogP contribution in [-0.4, -0.2) is 17.3 Å². The molecule has 3 heteroatoms. The minimum atomic E-state index is -0.0370. The number of hydrogen-bond donors (Lipinski definition) is 2. The molecule has 0 spiro atoms. The Labute approximate surface area is 64.9 Å². The first kappa shape index (κ1) is 7.72. The van der Waals surface area contributed by atoms with Crippen molar-refractivity contribution in [2.45, 2.75) is 6.92 Å². The number of aromatic hydroxyl groups is 2. The molecular weight excluding hydrogens is 144 g/mol. The summed E-state index contributed by atoms with van der Waals surface area (Å²) in [6, 6.07) is 2.77. The van der Waals surface area contributed by atoms with Gasteiger partial charge in [-0.3, -0.25) is 0 Å². The van der Waals surface area contributed by atoms with Crippen LogP contribution in [0.2, 0.25) is 0 Å². The van der Waals surface area contributed by atoms with Crippen LogP contribution in [-0.2, 0) is 0 Å². The van der Waals surface area contributed by atoms with Gasteiger partial charge in [0.25, 0.3) is 0 Å². The van der Waals surface area contributed by atoms with Crippen molar-refractivity contribution in [1.82, 2.24) is 0 Å². The fourth-order valence-corrected chi connectivity index (χ4v) is 1.00. The molecule has 0 saturated carbocycles. The van der Waals surface area contributed by atoms with Crippen molar-refractivity contribution in [3.63, 3.8) is 0 Å². The molecule has 0 aliphatic carbocycles. The quantitative estimate of drug-likeness (QED) is 0.643. The second kappa shape index (κ2) is 2.70. The average molecular weight is 154 g/mol. The van der Waals surface area contributed by atoms with Gasteiger partial charge in [0.2, 0.25) is 0 Å². The normalized spacial score (nSPS) is 9.64. The Morgan fingerprint density at radius 3 is 2.36 bits per heavy atom. The van der Waals surface area contributed by atoms with Gasteiger partial charge in [0.05, 0.1) is 7.11 Å². The molecule has 0 atom stereocenters. The fraction of sp³-hybridized carbons (Fsp3) is 0.250. The van der Waals surface area contributed by atoms with Crippen molar-refractivity contribution in [2.24, 2.45) is 0 Å². The smallest absolute Gasteiger partial charge is 0.163 e. The van der Waals surface area contributed by atoms with E-state index >= 15 is 0 Å². The number of ether oxygens (including phenoxy) is 1. The highest BCUT2D eigenvalue weighted by molar-refractivity contribution is 5.49. The van der Waals surface area contributed by atoms with Crippen molar-refractivity contribution >= 4 is 0 Å². The van der Waals surface area contributed by atoms with Crippen LogP contribution in [0.3, 0.4) is 0 Å². The minimum Gasteiger partial charge on any atom is -0.508 e. The highest BCUT2D eigenvalue weighted by atomic mass is 16.5. The summed E-state index contributed by atoms with van der Waals surface area (Å²) in [6.07, 6.45) is 0. The molecule has 1 aromatic carbocycles. The van der Waals surface area contributed by atoms with E-state index in [1.54, 1.807) is 6.92 Å². The average Bonchev–Trinajstić information content (AvgIpc) is 1.85. The maximum absolute atomic E-state index is 9.19. The van der Waals surface area contributed by atoms with Crippen LogP contribution in [0, 0.1) is 6.92 Å². The summed E-state index contributed by atoms with van der Waals surface area (Å²) in [7, 11) is 1.47. The van der Waals surface area contributed by atoms with E-state index in [0.717, 1.165) is 0 Å². The monoisotopic (exact) mass is 154 g/mol. The third-order valence-corrected chi connectivity index (χ3v) is 1.44. The van der Waals surface area contributed by atoms with Gasteiger partial charge in [0.1, 0.15) is 5.75 Å². The van der Waals surface area contributed by atoms with Crippen LogP contribution in [0.25, 0.3) is 0 Å². The van der Waals surface area contributed by atoms with Crippen molar-refractivity contribution in [2.75, 3.05) is 7.11 Å². The van der Waals surface area contributed by atoms with Crippen molar-refractivity contribution in [3.8, 4) is 17.2 Å². The van der Waals surface area contributed by atoms with E-state index in [2.05, 4.69) is 0 Å². The van der Waals surface area contributed by atoms with Gasteiger partial charge in [-0.05, 0) is 18.6 Å². The van der Waals surface area contributed by atoms with Gasteiger partial charge in [-0.25, -0.2) is 0 Å². The predicted octanol–water partition coefficient (Wildman–Crippen LogP) is 1.41. The van der Waals surface area contributed by atoms with Gasteiger partial charge in [-0.1, -0.05) is 0 Å². The van der Waals surface area contributed by atoms with Gasteiger partial charge < -0.3 is 14.9 Å². The Morgan fingerprint density at radius 1 is 1.27 bits per heavy atom. The minimum absolute atomic E-state index is 0.0370. The van der Waals surface area contributed by atoms with Gasteiger partial charge in [-0.2, -0.15) is 0 Å².